The number of thioether (sulfide) groups is 1. The van der Waals surface area contributed by atoms with Gasteiger partial charge in [-0.05, 0) is 53.3 Å². The van der Waals surface area contributed by atoms with Gasteiger partial charge in [-0.3, -0.25) is 9.59 Å². The molecular formula is C33H28F2N6O2S2. The van der Waals surface area contributed by atoms with Gasteiger partial charge < -0.3 is 9.88 Å². The van der Waals surface area contributed by atoms with Crippen LogP contribution in [0.25, 0.3) is 0 Å². The number of carbonyl (C=O) groups excluding carboxylic acids is 2. The van der Waals surface area contributed by atoms with Gasteiger partial charge in [0.25, 0.3) is 11.8 Å². The van der Waals surface area contributed by atoms with Gasteiger partial charge in [0, 0.05) is 13.0 Å². The summed E-state index contributed by atoms with van der Waals surface area (Å²) in [4.78, 5) is 27.3. The molecule has 1 atom stereocenters. The molecule has 2 amide bonds. The molecule has 0 fully saturated rings. The van der Waals surface area contributed by atoms with E-state index >= 15 is 0 Å². The Labute approximate surface area is 266 Å². The van der Waals surface area contributed by atoms with Crippen LogP contribution >= 0.6 is 23.1 Å². The molecule has 1 aliphatic heterocycles. The second-order valence-corrected chi connectivity index (χ2v) is 12.2. The number of nitrogens with one attached hydrogen (secondary N) is 1. The van der Waals surface area contributed by atoms with Crippen molar-refractivity contribution >= 4 is 40.6 Å². The van der Waals surface area contributed by atoms with Gasteiger partial charge in [0.1, 0.15) is 11.6 Å². The number of thiophene rings is 1. The van der Waals surface area contributed by atoms with Crippen LogP contribution in [0.4, 0.5) is 8.78 Å². The highest BCUT2D eigenvalue weighted by Crippen LogP contribution is 2.34. The molecule has 0 saturated heterocycles. The lowest BCUT2D eigenvalue weighted by Gasteiger charge is -2.22. The van der Waals surface area contributed by atoms with E-state index in [2.05, 4.69) is 15.5 Å². The van der Waals surface area contributed by atoms with E-state index in [1.54, 1.807) is 29.5 Å². The Morgan fingerprint density at radius 1 is 0.933 bits per heavy atom. The number of halogens is 2. The number of aryl methyl sites for hydroxylation is 1. The van der Waals surface area contributed by atoms with E-state index in [9.17, 15) is 18.4 Å². The molecule has 0 saturated carbocycles. The molecule has 1 aliphatic rings. The van der Waals surface area contributed by atoms with Gasteiger partial charge in [-0.25, -0.2) is 13.8 Å². The molecule has 0 bridgehead atoms. The van der Waals surface area contributed by atoms with Crippen LogP contribution in [0.2, 0.25) is 0 Å². The van der Waals surface area contributed by atoms with Crippen molar-refractivity contribution in [1.82, 2.24) is 25.1 Å². The molecule has 45 heavy (non-hydrogen) atoms. The average molecular weight is 643 g/mol. The fraction of sp³-hybridized carbons (Fsp3) is 0.182. The van der Waals surface area contributed by atoms with Gasteiger partial charge >= 0.3 is 0 Å². The predicted molar refractivity (Wildman–Crippen MR) is 170 cm³/mol. The molecule has 0 radical (unpaired) electrons. The van der Waals surface area contributed by atoms with Crippen LogP contribution in [-0.2, 0) is 24.3 Å². The largest absolute Gasteiger partial charge is 0.345 e. The van der Waals surface area contributed by atoms with Gasteiger partial charge in [-0.1, -0.05) is 72.4 Å². The van der Waals surface area contributed by atoms with Crippen molar-refractivity contribution in [3.8, 4) is 0 Å². The molecule has 8 nitrogen and oxygen atoms in total. The molecule has 3 aromatic carbocycles. The maximum Gasteiger partial charge on any atom is 0.254 e. The Morgan fingerprint density at radius 2 is 1.71 bits per heavy atom. The molecule has 2 aromatic heterocycles. The normalized spacial score (nSPS) is 14.4. The highest BCUT2D eigenvalue weighted by molar-refractivity contribution is 7.99. The van der Waals surface area contributed by atoms with E-state index in [-0.39, 0.29) is 35.6 Å². The van der Waals surface area contributed by atoms with Gasteiger partial charge in [-0.2, -0.15) is 5.10 Å². The van der Waals surface area contributed by atoms with E-state index < -0.39 is 11.7 Å². The summed E-state index contributed by atoms with van der Waals surface area (Å²) in [7, 11) is 0. The van der Waals surface area contributed by atoms with Crippen molar-refractivity contribution in [3.05, 3.63) is 135 Å². The maximum absolute atomic E-state index is 14.2. The Balaban J connectivity index is 1.20. The third-order valence-electron chi connectivity index (χ3n) is 7.34. The third kappa shape index (κ3) is 7.18. The van der Waals surface area contributed by atoms with Crippen LogP contribution in [-0.4, -0.2) is 43.1 Å². The minimum Gasteiger partial charge on any atom is -0.345 e. The highest BCUT2D eigenvalue weighted by atomic mass is 32.2. The zero-order valence-electron chi connectivity index (χ0n) is 24.0. The summed E-state index contributed by atoms with van der Waals surface area (Å²) in [6.45, 7) is 0.526. The number of aromatic nitrogens is 3. The second-order valence-electron chi connectivity index (χ2n) is 10.3. The molecule has 6 rings (SSSR count). The van der Waals surface area contributed by atoms with Crippen LogP contribution in [0, 0.1) is 11.6 Å². The zero-order chi connectivity index (χ0) is 31.2. The van der Waals surface area contributed by atoms with E-state index in [0.717, 1.165) is 21.7 Å². The Morgan fingerprint density at radius 3 is 2.47 bits per heavy atom. The minimum absolute atomic E-state index is 0.0245. The van der Waals surface area contributed by atoms with E-state index in [4.69, 9.17) is 5.10 Å². The number of rotatable bonds is 11. The summed E-state index contributed by atoms with van der Waals surface area (Å²) in [6.07, 6.45) is 1.18. The number of carbonyl (C=O) groups is 2. The van der Waals surface area contributed by atoms with Gasteiger partial charge in [0.2, 0.25) is 0 Å². The fourth-order valence-corrected chi connectivity index (χ4v) is 6.59. The quantitative estimate of drug-likeness (QED) is 0.172. The molecular weight excluding hydrogens is 615 g/mol. The lowest BCUT2D eigenvalue weighted by molar-refractivity contribution is -0.130. The molecule has 0 aliphatic carbocycles. The first kappa shape index (κ1) is 30.4. The van der Waals surface area contributed by atoms with Crippen LogP contribution in [0.5, 0.6) is 0 Å². The maximum atomic E-state index is 14.2. The molecule has 228 valence electrons. The van der Waals surface area contributed by atoms with Crippen molar-refractivity contribution in [3.63, 3.8) is 0 Å². The van der Waals surface area contributed by atoms with Crippen LogP contribution in [0.1, 0.15) is 44.6 Å². The molecule has 3 heterocycles. The predicted octanol–water partition coefficient (Wildman–Crippen LogP) is 6.26. The first-order chi connectivity index (χ1) is 22.0. The van der Waals surface area contributed by atoms with Crippen LogP contribution in [0.3, 0.4) is 0 Å². The summed E-state index contributed by atoms with van der Waals surface area (Å²) < 4.78 is 29.7. The zero-order valence-corrected chi connectivity index (χ0v) is 25.6. The summed E-state index contributed by atoms with van der Waals surface area (Å²) in [6, 6.07) is 25.4. The standard InChI is InChI=1S/C33H28F2N6O2S2/c34-24-14-12-23(13-15-24)28-19-27(29-11-6-18-44-29)39-41(28)31(42)21-45-33-38-37-30(40(33)17-16-22-7-2-1-3-8-22)20-36-32(43)25-9-4-5-10-26(25)35/h1-15,18,28H,16-17,19-21H2,(H,36,43)/t28-/m0/s1. The van der Waals surface area contributed by atoms with E-state index in [0.29, 0.717) is 30.4 Å². The molecule has 12 heteroatoms. The number of hydrogen-bond donors (Lipinski definition) is 1. The van der Waals surface area contributed by atoms with Gasteiger partial charge in [0.05, 0.1) is 34.5 Å². The summed E-state index contributed by atoms with van der Waals surface area (Å²) >= 11 is 2.78. The Hall–Kier alpha value is -4.68. The number of amides is 2. The smallest absolute Gasteiger partial charge is 0.254 e. The first-order valence-electron chi connectivity index (χ1n) is 14.3. The van der Waals surface area contributed by atoms with E-state index in [1.807, 2.05) is 52.4 Å². The fourth-order valence-electron chi connectivity index (χ4n) is 5.04. The number of hydrazone groups is 1. The molecule has 1 N–H and O–H groups in total. The van der Waals surface area contributed by atoms with Crippen molar-refractivity contribution in [1.29, 1.82) is 0 Å². The van der Waals surface area contributed by atoms with Crippen LogP contribution < -0.4 is 5.32 Å². The van der Waals surface area contributed by atoms with Crippen molar-refractivity contribution in [2.75, 3.05) is 5.75 Å². The Bertz CT molecular complexity index is 1810. The molecule has 0 unspecified atom stereocenters. The Kier molecular flexibility index (Phi) is 9.41. The van der Waals surface area contributed by atoms with Crippen LogP contribution in [0.15, 0.2) is 107 Å². The van der Waals surface area contributed by atoms with Gasteiger partial charge in [-0.15, -0.1) is 21.5 Å². The topological polar surface area (TPSA) is 92.5 Å². The summed E-state index contributed by atoms with van der Waals surface area (Å²) in [5.74, 6) is -1.23. The SMILES string of the molecule is O=C(NCc1nnc(SCC(=O)N2N=C(c3cccs3)C[C@H]2c2ccc(F)cc2)n1CCc1ccccc1)c1ccccc1F. The van der Waals surface area contributed by atoms with Gasteiger partial charge in [0.15, 0.2) is 11.0 Å². The third-order valence-corrected chi connectivity index (χ3v) is 9.21. The highest BCUT2D eigenvalue weighted by Gasteiger charge is 2.33. The van der Waals surface area contributed by atoms with Crippen molar-refractivity contribution in [2.45, 2.75) is 37.1 Å². The monoisotopic (exact) mass is 642 g/mol. The number of benzene rings is 3. The summed E-state index contributed by atoms with van der Waals surface area (Å²) in [5.41, 5.74) is 2.65. The second kappa shape index (κ2) is 14.0. The first-order valence-corrected chi connectivity index (χ1v) is 16.1. The average Bonchev–Trinajstić information content (AvgIpc) is 3.83. The molecule has 5 aromatic rings. The lowest BCUT2D eigenvalue weighted by Crippen LogP contribution is -2.29. The van der Waals surface area contributed by atoms with Crippen molar-refractivity contribution in [2.24, 2.45) is 5.10 Å². The van der Waals surface area contributed by atoms with E-state index in [1.165, 1.54) is 47.1 Å². The number of nitrogens with zero attached hydrogens (tertiary/aromatic N) is 5. The van der Waals surface area contributed by atoms with Crippen molar-refractivity contribution < 1.29 is 18.4 Å². The summed E-state index contributed by atoms with van der Waals surface area (Å²) in [5, 5.41) is 20.0. The molecule has 0 spiro atoms. The lowest BCUT2D eigenvalue weighted by atomic mass is 10.0. The number of hydrogen-bond acceptors (Lipinski definition) is 7. The minimum atomic E-state index is -0.610.